The Hall–Kier alpha value is -1.82. The molecule has 0 N–H and O–H groups in total. The summed E-state index contributed by atoms with van der Waals surface area (Å²) in [7, 11) is 1.67. The maximum Gasteiger partial charge on any atom is 0.212 e. The van der Waals surface area contributed by atoms with Crippen LogP contribution in [0.25, 0.3) is 0 Å². The van der Waals surface area contributed by atoms with Crippen LogP contribution in [0.3, 0.4) is 0 Å². The molecule has 0 aliphatic carbocycles. The third-order valence-corrected chi connectivity index (χ3v) is 4.34. The zero-order valence-corrected chi connectivity index (χ0v) is 13.1. The van der Waals surface area contributed by atoms with Crippen LogP contribution in [0.5, 0.6) is 5.75 Å². The molecule has 0 saturated heterocycles. The van der Waals surface area contributed by atoms with Gasteiger partial charge < -0.3 is 4.74 Å². The van der Waals surface area contributed by atoms with Crippen molar-refractivity contribution < 1.29 is 4.74 Å². The molecule has 6 heteroatoms. The smallest absolute Gasteiger partial charge is 0.212 e. The number of hydrogen-bond donors (Lipinski definition) is 0. The summed E-state index contributed by atoms with van der Waals surface area (Å²) in [6, 6.07) is 8.00. The Morgan fingerprint density at radius 2 is 2.05 bits per heavy atom. The Morgan fingerprint density at radius 1 is 1.24 bits per heavy atom. The molecule has 3 rings (SSSR count). The second kappa shape index (κ2) is 6.30. The summed E-state index contributed by atoms with van der Waals surface area (Å²) < 4.78 is 7.09. The first-order chi connectivity index (χ1) is 10.3. The third-order valence-electron chi connectivity index (χ3n) is 3.41. The Balaban J connectivity index is 1.89. The van der Waals surface area contributed by atoms with Crippen molar-refractivity contribution in [2.45, 2.75) is 31.3 Å². The first-order valence-corrected chi connectivity index (χ1v) is 8.09. The van der Waals surface area contributed by atoms with Crippen molar-refractivity contribution in [2.24, 2.45) is 5.10 Å². The summed E-state index contributed by atoms with van der Waals surface area (Å²) in [6.07, 6.45) is 3.17. The number of benzene rings is 1. The van der Waals surface area contributed by atoms with Gasteiger partial charge in [0.25, 0.3) is 0 Å². The number of aryl methyl sites for hydroxylation is 1. The predicted octanol–water partition coefficient (Wildman–Crippen LogP) is 2.99. The van der Waals surface area contributed by atoms with E-state index in [1.54, 1.807) is 18.9 Å². The summed E-state index contributed by atoms with van der Waals surface area (Å²) in [6.45, 7) is 2.17. The quantitative estimate of drug-likeness (QED) is 0.852. The van der Waals surface area contributed by atoms with E-state index in [0.717, 1.165) is 53.0 Å². The minimum atomic E-state index is 0.818. The number of fused-ring (bicyclic) bond motifs is 1. The number of unbranched alkanes of at least 4 members (excludes halogenated alkanes) is 1. The average Bonchev–Trinajstić information content (AvgIpc) is 2.95. The van der Waals surface area contributed by atoms with Crippen LogP contribution in [0.1, 0.15) is 31.2 Å². The lowest BCUT2D eigenvalue weighted by molar-refractivity contribution is 0.415. The number of methoxy groups -OCH3 is 1. The van der Waals surface area contributed by atoms with E-state index in [-0.39, 0.29) is 0 Å². The summed E-state index contributed by atoms with van der Waals surface area (Å²) in [5.41, 5.74) is 2.16. The van der Waals surface area contributed by atoms with Crippen molar-refractivity contribution >= 4 is 17.5 Å². The molecule has 0 atom stereocenters. The van der Waals surface area contributed by atoms with Crippen LogP contribution in [-0.2, 0) is 6.42 Å². The van der Waals surface area contributed by atoms with Gasteiger partial charge in [-0.3, -0.25) is 0 Å². The highest BCUT2D eigenvalue weighted by Gasteiger charge is 2.19. The van der Waals surface area contributed by atoms with E-state index in [1.165, 1.54) is 0 Å². The molecule has 0 bridgehead atoms. The molecule has 1 aliphatic rings. The summed E-state index contributed by atoms with van der Waals surface area (Å²) >= 11 is 1.68. The highest BCUT2D eigenvalue weighted by molar-refractivity contribution is 7.99. The molecule has 2 aromatic rings. The van der Waals surface area contributed by atoms with E-state index in [1.807, 2.05) is 28.9 Å². The largest absolute Gasteiger partial charge is 0.497 e. The second-order valence-corrected chi connectivity index (χ2v) is 5.82. The fourth-order valence-corrected chi connectivity index (χ4v) is 3.04. The summed E-state index contributed by atoms with van der Waals surface area (Å²) in [5, 5.41) is 14.1. The zero-order chi connectivity index (χ0) is 14.7. The van der Waals surface area contributed by atoms with E-state index in [0.29, 0.717) is 0 Å². The molecule has 1 aromatic heterocycles. The average molecular weight is 302 g/mol. The standard InChI is InChI=1S/C15H18N4OS/c1-3-4-5-14-16-17-15-19(14)18-13(10-21-15)11-6-8-12(20-2)9-7-11/h6-9H,3-5,10H2,1-2H3. The first-order valence-electron chi connectivity index (χ1n) is 7.11. The Morgan fingerprint density at radius 3 is 2.76 bits per heavy atom. The minimum absolute atomic E-state index is 0.818. The van der Waals surface area contributed by atoms with Crippen molar-refractivity contribution in [2.75, 3.05) is 12.9 Å². The molecule has 0 saturated carbocycles. The Kier molecular flexibility index (Phi) is 4.24. The van der Waals surface area contributed by atoms with Gasteiger partial charge in [0.2, 0.25) is 5.16 Å². The predicted molar refractivity (Wildman–Crippen MR) is 84.3 cm³/mol. The van der Waals surface area contributed by atoms with Gasteiger partial charge in [-0.05, 0) is 36.2 Å². The molecule has 110 valence electrons. The van der Waals surface area contributed by atoms with Gasteiger partial charge in [0.05, 0.1) is 12.8 Å². The van der Waals surface area contributed by atoms with Gasteiger partial charge in [0.15, 0.2) is 5.82 Å². The molecule has 0 amide bonds. The van der Waals surface area contributed by atoms with Crippen LogP contribution in [0.4, 0.5) is 0 Å². The molecule has 0 radical (unpaired) electrons. The lowest BCUT2D eigenvalue weighted by Crippen LogP contribution is -2.14. The van der Waals surface area contributed by atoms with Crippen molar-refractivity contribution in [3.8, 4) is 5.75 Å². The van der Waals surface area contributed by atoms with Gasteiger partial charge in [-0.2, -0.15) is 9.78 Å². The molecule has 0 spiro atoms. The summed E-state index contributed by atoms with van der Waals surface area (Å²) in [4.78, 5) is 0. The maximum absolute atomic E-state index is 5.19. The van der Waals surface area contributed by atoms with E-state index in [4.69, 9.17) is 9.84 Å². The normalized spacial score (nSPS) is 13.7. The van der Waals surface area contributed by atoms with Gasteiger partial charge in [-0.1, -0.05) is 25.1 Å². The number of rotatable bonds is 5. The van der Waals surface area contributed by atoms with E-state index >= 15 is 0 Å². The van der Waals surface area contributed by atoms with Gasteiger partial charge in [-0.15, -0.1) is 10.2 Å². The molecule has 1 aromatic carbocycles. The van der Waals surface area contributed by atoms with E-state index < -0.39 is 0 Å². The lowest BCUT2D eigenvalue weighted by atomic mass is 10.1. The first kappa shape index (κ1) is 14.1. The van der Waals surface area contributed by atoms with Crippen molar-refractivity contribution in [3.05, 3.63) is 35.7 Å². The highest BCUT2D eigenvalue weighted by atomic mass is 32.2. The van der Waals surface area contributed by atoms with Crippen LogP contribution in [0, 0.1) is 0 Å². The van der Waals surface area contributed by atoms with Gasteiger partial charge in [0.1, 0.15) is 5.75 Å². The van der Waals surface area contributed by atoms with E-state index in [2.05, 4.69) is 17.1 Å². The highest BCUT2D eigenvalue weighted by Crippen LogP contribution is 2.25. The molecular weight excluding hydrogens is 284 g/mol. The Bertz CT molecular complexity index is 648. The number of thioether (sulfide) groups is 1. The van der Waals surface area contributed by atoms with Crippen molar-refractivity contribution in [1.82, 2.24) is 14.9 Å². The van der Waals surface area contributed by atoms with Gasteiger partial charge in [0, 0.05) is 12.2 Å². The summed E-state index contributed by atoms with van der Waals surface area (Å²) in [5.74, 6) is 2.62. The number of ether oxygens (including phenoxy) is 1. The molecule has 1 aliphatic heterocycles. The van der Waals surface area contributed by atoms with Crippen LogP contribution < -0.4 is 4.74 Å². The topological polar surface area (TPSA) is 52.3 Å². The van der Waals surface area contributed by atoms with Crippen molar-refractivity contribution in [1.29, 1.82) is 0 Å². The Labute approximate surface area is 128 Å². The number of hydrogen-bond acceptors (Lipinski definition) is 5. The fraction of sp³-hybridized carbons (Fsp3) is 0.400. The third kappa shape index (κ3) is 2.95. The van der Waals surface area contributed by atoms with Crippen LogP contribution >= 0.6 is 11.8 Å². The maximum atomic E-state index is 5.19. The lowest BCUT2D eigenvalue weighted by Gasteiger charge is -2.14. The minimum Gasteiger partial charge on any atom is -0.497 e. The van der Waals surface area contributed by atoms with Crippen LogP contribution in [0.2, 0.25) is 0 Å². The molecule has 0 unspecified atom stereocenters. The van der Waals surface area contributed by atoms with Gasteiger partial charge >= 0.3 is 0 Å². The fourth-order valence-electron chi connectivity index (χ4n) is 2.18. The number of aromatic nitrogens is 3. The molecule has 5 nitrogen and oxygen atoms in total. The second-order valence-electron chi connectivity index (χ2n) is 4.88. The van der Waals surface area contributed by atoms with Gasteiger partial charge in [-0.25, -0.2) is 0 Å². The zero-order valence-electron chi connectivity index (χ0n) is 12.2. The SMILES string of the molecule is CCCCc1nnc2n1N=C(c1ccc(OC)cc1)CS2. The van der Waals surface area contributed by atoms with Crippen LogP contribution in [-0.4, -0.2) is 33.4 Å². The molecule has 21 heavy (non-hydrogen) atoms. The van der Waals surface area contributed by atoms with Crippen molar-refractivity contribution in [3.63, 3.8) is 0 Å². The monoisotopic (exact) mass is 302 g/mol. The molecule has 0 fully saturated rings. The molecular formula is C15H18N4OS. The van der Waals surface area contributed by atoms with Crippen LogP contribution in [0.15, 0.2) is 34.5 Å². The molecule has 2 heterocycles. The van der Waals surface area contributed by atoms with E-state index in [9.17, 15) is 0 Å². The number of nitrogens with zero attached hydrogens (tertiary/aromatic N) is 4.